The van der Waals surface area contributed by atoms with Crippen LogP contribution in [-0.4, -0.2) is 40.8 Å². The van der Waals surface area contributed by atoms with E-state index < -0.39 is 41.4 Å². The molecule has 0 saturated heterocycles. The lowest BCUT2D eigenvalue weighted by Gasteiger charge is -2.35. The van der Waals surface area contributed by atoms with Crippen LogP contribution >= 0.6 is 0 Å². The van der Waals surface area contributed by atoms with Gasteiger partial charge >= 0.3 is 23.9 Å². The van der Waals surface area contributed by atoms with Gasteiger partial charge in [-0.2, -0.15) is 0 Å². The highest BCUT2D eigenvalue weighted by Gasteiger charge is 2.45. The van der Waals surface area contributed by atoms with Crippen LogP contribution in [0.5, 0.6) is 11.5 Å². The number of carbonyl (C=O) groups is 4. The molecular formula is C32H49NO8. The molecule has 9 heteroatoms. The van der Waals surface area contributed by atoms with Crippen molar-refractivity contribution in [3.8, 4) is 11.5 Å². The number of ether oxygens (including phenoxy) is 3. The van der Waals surface area contributed by atoms with Crippen molar-refractivity contribution in [2.24, 2.45) is 29.6 Å². The standard InChI is InChI=1S/C32H49NO8/c1-9-21(6)33-32(31(37)38,41-30(36)25-13-11-10-12-14-25)18-24-15-16-26(39-28(34)22(7)19(2)3)27(17-24)40-29(35)23(8)20(4)5/h15-17,19-23,25,33H,9-14,18H2,1-8H3,(H,37,38)/t21?,22?,23?,32-/m0/s1. The van der Waals surface area contributed by atoms with E-state index in [-0.39, 0.29) is 41.7 Å². The highest BCUT2D eigenvalue weighted by atomic mass is 16.6. The Hall–Kier alpha value is -2.94. The Morgan fingerprint density at radius 3 is 1.90 bits per heavy atom. The molecule has 0 spiro atoms. The van der Waals surface area contributed by atoms with Crippen LogP contribution in [0.1, 0.15) is 99.5 Å². The Balaban J connectivity index is 2.50. The van der Waals surface area contributed by atoms with Gasteiger partial charge in [-0.3, -0.25) is 19.7 Å². The molecule has 230 valence electrons. The van der Waals surface area contributed by atoms with Gasteiger partial charge in [-0.05, 0) is 55.7 Å². The zero-order chi connectivity index (χ0) is 30.9. The summed E-state index contributed by atoms with van der Waals surface area (Å²) in [5, 5.41) is 13.4. The zero-order valence-electron chi connectivity index (χ0n) is 26.0. The minimum atomic E-state index is -2.04. The summed E-state index contributed by atoms with van der Waals surface area (Å²) in [4.78, 5) is 51.6. The summed E-state index contributed by atoms with van der Waals surface area (Å²) in [5.41, 5.74) is -1.61. The number of esters is 3. The Morgan fingerprint density at radius 2 is 1.41 bits per heavy atom. The molecule has 1 aromatic carbocycles. The van der Waals surface area contributed by atoms with Gasteiger partial charge in [0, 0.05) is 12.5 Å². The van der Waals surface area contributed by atoms with Gasteiger partial charge in [0.1, 0.15) is 0 Å². The van der Waals surface area contributed by atoms with Crippen LogP contribution in [0.15, 0.2) is 18.2 Å². The van der Waals surface area contributed by atoms with Crippen LogP contribution in [0.4, 0.5) is 0 Å². The zero-order valence-corrected chi connectivity index (χ0v) is 26.0. The van der Waals surface area contributed by atoms with E-state index in [2.05, 4.69) is 5.32 Å². The van der Waals surface area contributed by atoms with Gasteiger partial charge in [0.05, 0.1) is 17.8 Å². The molecule has 1 aliphatic carbocycles. The molecule has 0 bridgehead atoms. The molecule has 0 radical (unpaired) electrons. The van der Waals surface area contributed by atoms with Crippen molar-refractivity contribution in [1.29, 1.82) is 0 Å². The molecule has 1 aliphatic rings. The van der Waals surface area contributed by atoms with Crippen LogP contribution in [0.25, 0.3) is 0 Å². The number of hydrogen-bond acceptors (Lipinski definition) is 8. The normalized spacial score (nSPS) is 17.8. The van der Waals surface area contributed by atoms with E-state index in [4.69, 9.17) is 14.2 Å². The highest BCUT2D eigenvalue weighted by molar-refractivity contribution is 5.83. The molecule has 2 rings (SSSR count). The Labute approximate surface area is 244 Å². The van der Waals surface area contributed by atoms with E-state index in [0.717, 1.165) is 19.3 Å². The minimum Gasteiger partial charge on any atom is -0.477 e. The quantitative estimate of drug-likeness (QED) is 0.158. The topological polar surface area (TPSA) is 128 Å². The van der Waals surface area contributed by atoms with Crippen molar-refractivity contribution < 1.29 is 38.5 Å². The summed E-state index contributed by atoms with van der Waals surface area (Å²) in [6.45, 7) is 14.9. The largest absolute Gasteiger partial charge is 0.477 e. The molecular weight excluding hydrogens is 526 g/mol. The predicted octanol–water partition coefficient (Wildman–Crippen LogP) is 5.92. The second-order valence-corrected chi connectivity index (χ2v) is 12.2. The van der Waals surface area contributed by atoms with Gasteiger partial charge in [0.25, 0.3) is 5.72 Å². The molecule has 41 heavy (non-hydrogen) atoms. The van der Waals surface area contributed by atoms with E-state index >= 15 is 0 Å². The first-order valence-electron chi connectivity index (χ1n) is 15.0. The fourth-order valence-electron chi connectivity index (χ4n) is 4.45. The van der Waals surface area contributed by atoms with Crippen molar-refractivity contribution in [1.82, 2.24) is 5.32 Å². The summed E-state index contributed by atoms with van der Waals surface area (Å²) in [6.07, 6.45) is 4.56. The number of benzene rings is 1. The summed E-state index contributed by atoms with van der Waals surface area (Å²) >= 11 is 0. The third-order valence-electron chi connectivity index (χ3n) is 8.28. The van der Waals surface area contributed by atoms with Crippen LogP contribution in [0.2, 0.25) is 0 Å². The first kappa shape index (κ1) is 34.3. The minimum absolute atomic E-state index is 0.00532. The molecule has 0 amide bonds. The van der Waals surface area contributed by atoms with Gasteiger partial charge in [0.15, 0.2) is 11.5 Å². The number of carboxylic acids is 1. The van der Waals surface area contributed by atoms with Gasteiger partial charge in [-0.15, -0.1) is 0 Å². The SMILES string of the molecule is CCC(C)N[C@@](Cc1ccc(OC(=O)C(C)C(C)C)c(OC(=O)C(C)C(C)C)c1)(OC(=O)C1CCCCC1)C(=O)O. The Morgan fingerprint density at radius 1 is 0.878 bits per heavy atom. The molecule has 1 saturated carbocycles. The second kappa shape index (κ2) is 15.3. The fraction of sp³-hybridized carbons (Fsp3) is 0.688. The van der Waals surface area contributed by atoms with Crippen molar-refractivity contribution in [2.45, 2.75) is 112 Å². The van der Waals surface area contributed by atoms with E-state index in [1.165, 1.54) is 12.1 Å². The number of hydrogen-bond donors (Lipinski definition) is 2. The van der Waals surface area contributed by atoms with E-state index in [9.17, 15) is 24.3 Å². The molecule has 0 aliphatic heterocycles. The third kappa shape index (κ3) is 9.55. The van der Waals surface area contributed by atoms with Crippen molar-refractivity contribution in [2.75, 3.05) is 0 Å². The summed E-state index contributed by atoms with van der Waals surface area (Å²) in [6, 6.07) is 4.29. The molecule has 1 aromatic rings. The molecule has 1 fully saturated rings. The van der Waals surface area contributed by atoms with Gasteiger partial charge in [-0.1, -0.05) is 73.8 Å². The molecule has 4 atom stereocenters. The predicted molar refractivity (Wildman–Crippen MR) is 155 cm³/mol. The molecule has 2 N–H and O–H groups in total. The van der Waals surface area contributed by atoms with Crippen LogP contribution in [-0.2, 0) is 30.3 Å². The van der Waals surface area contributed by atoms with E-state index in [1.807, 2.05) is 41.5 Å². The van der Waals surface area contributed by atoms with Crippen LogP contribution < -0.4 is 14.8 Å². The highest BCUT2D eigenvalue weighted by Crippen LogP contribution is 2.34. The molecule has 9 nitrogen and oxygen atoms in total. The maximum absolute atomic E-state index is 13.2. The second-order valence-electron chi connectivity index (χ2n) is 12.2. The van der Waals surface area contributed by atoms with Gasteiger partial charge < -0.3 is 19.3 Å². The lowest BCUT2D eigenvalue weighted by molar-refractivity contribution is -0.188. The van der Waals surface area contributed by atoms with E-state index in [0.29, 0.717) is 24.8 Å². The maximum Gasteiger partial charge on any atom is 0.364 e. The number of carbonyl (C=O) groups excluding carboxylic acids is 3. The summed E-state index contributed by atoms with van der Waals surface area (Å²) < 4.78 is 17.2. The Bertz CT molecular complexity index is 1060. The van der Waals surface area contributed by atoms with Crippen LogP contribution in [0.3, 0.4) is 0 Å². The monoisotopic (exact) mass is 575 g/mol. The first-order chi connectivity index (χ1) is 19.2. The van der Waals surface area contributed by atoms with Gasteiger partial charge in [0.2, 0.25) is 0 Å². The van der Waals surface area contributed by atoms with Crippen molar-refractivity contribution in [3.63, 3.8) is 0 Å². The lowest BCUT2D eigenvalue weighted by Crippen LogP contribution is -2.60. The average molecular weight is 576 g/mol. The lowest BCUT2D eigenvalue weighted by atomic mass is 9.89. The number of carboxylic acid groups (broad SMARTS) is 1. The summed E-state index contributed by atoms with van der Waals surface area (Å²) in [7, 11) is 0. The number of nitrogens with one attached hydrogen (secondary N) is 1. The smallest absolute Gasteiger partial charge is 0.364 e. The molecule has 0 aromatic heterocycles. The fourth-order valence-corrected chi connectivity index (χ4v) is 4.45. The number of rotatable bonds is 14. The molecule has 3 unspecified atom stereocenters. The average Bonchev–Trinajstić information content (AvgIpc) is 2.93. The van der Waals surface area contributed by atoms with E-state index in [1.54, 1.807) is 19.9 Å². The third-order valence-corrected chi connectivity index (χ3v) is 8.28. The first-order valence-corrected chi connectivity index (χ1v) is 15.0. The van der Waals surface area contributed by atoms with Crippen LogP contribution in [0, 0.1) is 29.6 Å². The van der Waals surface area contributed by atoms with Gasteiger partial charge in [-0.25, -0.2) is 4.79 Å². The maximum atomic E-state index is 13.2. The molecule has 0 heterocycles. The van der Waals surface area contributed by atoms with Crippen molar-refractivity contribution >= 4 is 23.9 Å². The van der Waals surface area contributed by atoms with Crippen molar-refractivity contribution in [3.05, 3.63) is 23.8 Å². The Kier molecular flexibility index (Phi) is 12.8. The summed E-state index contributed by atoms with van der Waals surface area (Å²) in [5.74, 6) is -3.89. The number of aliphatic carboxylic acids is 1.